The first-order chi connectivity index (χ1) is 8.40. The van der Waals surface area contributed by atoms with Gasteiger partial charge in [0.05, 0.1) is 0 Å². The number of para-hydroxylation sites is 1. The van der Waals surface area contributed by atoms with Crippen molar-refractivity contribution < 1.29 is 4.74 Å². The summed E-state index contributed by atoms with van der Waals surface area (Å²) in [6.07, 6.45) is 4.01. The van der Waals surface area contributed by atoms with E-state index in [9.17, 15) is 0 Å². The lowest BCUT2D eigenvalue weighted by Gasteiger charge is -2.34. The molecule has 1 heterocycles. The molecule has 1 unspecified atom stereocenters. The van der Waals surface area contributed by atoms with E-state index in [0.717, 1.165) is 24.2 Å². The summed E-state index contributed by atoms with van der Waals surface area (Å²) in [5.41, 5.74) is 0. The first-order valence-electron chi connectivity index (χ1n) is 6.38. The van der Waals surface area contributed by atoms with Crippen molar-refractivity contribution in [2.75, 3.05) is 25.0 Å². The number of rotatable bonds is 5. The minimum Gasteiger partial charge on any atom is -0.492 e. The van der Waals surface area contributed by atoms with Crippen LogP contribution in [0.5, 0.6) is 5.75 Å². The van der Waals surface area contributed by atoms with Gasteiger partial charge in [-0.05, 0) is 31.5 Å². The second-order valence-electron chi connectivity index (χ2n) is 4.50. The quantitative estimate of drug-likeness (QED) is 0.773. The van der Waals surface area contributed by atoms with Crippen LogP contribution >= 0.6 is 15.9 Å². The van der Waals surface area contributed by atoms with Crippen molar-refractivity contribution >= 4 is 15.9 Å². The van der Waals surface area contributed by atoms with Gasteiger partial charge in [-0.1, -0.05) is 40.5 Å². The lowest BCUT2D eigenvalue weighted by atomic mass is 10.0. The van der Waals surface area contributed by atoms with E-state index in [-0.39, 0.29) is 0 Å². The van der Waals surface area contributed by atoms with E-state index >= 15 is 0 Å². The highest BCUT2D eigenvalue weighted by Gasteiger charge is 2.20. The molecule has 1 aromatic rings. The largest absolute Gasteiger partial charge is 0.492 e. The zero-order valence-corrected chi connectivity index (χ0v) is 11.7. The standard InChI is InChI=1S/C14H20BrNO/c15-12-13-6-4-5-9-16(13)10-11-17-14-7-2-1-3-8-14/h1-3,7-8,13H,4-6,9-12H2. The first-order valence-corrected chi connectivity index (χ1v) is 7.50. The summed E-state index contributed by atoms with van der Waals surface area (Å²) in [6, 6.07) is 10.8. The smallest absolute Gasteiger partial charge is 0.119 e. The highest BCUT2D eigenvalue weighted by molar-refractivity contribution is 9.09. The molecule has 0 aliphatic carbocycles. The number of halogens is 1. The third kappa shape index (κ3) is 4.00. The van der Waals surface area contributed by atoms with Crippen LogP contribution in [0.15, 0.2) is 30.3 Å². The van der Waals surface area contributed by atoms with Crippen molar-refractivity contribution in [2.24, 2.45) is 0 Å². The van der Waals surface area contributed by atoms with Crippen LogP contribution in [0.2, 0.25) is 0 Å². The average Bonchev–Trinajstić information content (AvgIpc) is 2.40. The van der Waals surface area contributed by atoms with Crippen molar-refractivity contribution in [3.05, 3.63) is 30.3 Å². The van der Waals surface area contributed by atoms with Gasteiger partial charge in [-0.15, -0.1) is 0 Å². The molecule has 0 amide bonds. The number of alkyl halides is 1. The van der Waals surface area contributed by atoms with Crippen molar-refractivity contribution in [1.29, 1.82) is 0 Å². The monoisotopic (exact) mass is 297 g/mol. The van der Waals surface area contributed by atoms with Crippen LogP contribution in [0.1, 0.15) is 19.3 Å². The maximum absolute atomic E-state index is 5.74. The van der Waals surface area contributed by atoms with Gasteiger partial charge in [-0.2, -0.15) is 0 Å². The van der Waals surface area contributed by atoms with Gasteiger partial charge < -0.3 is 4.74 Å². The number of piperidine rings is 1. The Balaban J connectivity index is 1.74. The molecule has 0 saturated carbocycles. The van der Waals surface area contributed by atoms with Gasteiger partial charge in [0.15, 0.2) is 0 Å². The van der Waals surface area contributed by atoms with Gasteiger partial charge in [0.25, 0.3) is 0 Å². The first kappa shape index (κ1) is 12.9. The maximum Gasteiger partial charge on any atom is 0.119 e. The molecule has 1 aliphatic rings. The molecule has 1 atom stereocenters. The van der Waals surface area contributed by atoms with E-state index in [1.54, 1.807) is 0 Å². The summed E-state index contributed by atoms with van der Waals surface area (Å²) in [5, 5.41) is 1.08. The van der Waals surface area contributed by atoms with E-state index < -0.39 is 0 Å². The summed E-state index contributed by atoms with van der Waals surface area (Å²) in [4.78, 5) is 2.54. The Morgan fingerprint density at radius 2 is 2.06 bits per heavy atom. The van der Waals surface area contributed by atoms with E-state index in [1.165, 1.54) is 25.8 Å². The predicted molar refractivity (Wildman–Crippen MR) is 74.9 cm³/mol. The minimum absolute atomic E-state index is 0.697. The van der Waals surface area contributed by atoms with Crippen LogP contribution in [0.3, 0.4) is 0 Å². The summed E-state index contributed by atoms with van der Waals surface area (Å²) in [5.74, 6) is 0.972. The number of hydrogen-bond acceptors (Lipinski definition) is 2. The molecule has 2 rings (SSSR count). The Morgan fingerprint density at radius 1 is 1.24 bits per heavy atom. The maximum atomic E-state index is 5.74. The molecule has 17 heavy (non-hydrogen) atoms. The second kappa shape index (κ2) is 7.02. The van der Waals surface area contributed by atoms with Crippen molar-refractivity contribution in [1.82, 2.24) is 4.90 Å². The summed E-state index contributed by atoms with van der Waals surface area (Å²) < 4.78 is 5.74. The lowest BCUT2D eigenvalue weighted by molar-refractivity contribution is 0.136. The highest BCUT2D eigenvalue weighted by Crippen LogP contribution is 2.18. The van der Waals surface area contributed by atoms with Gasteiger partial charge in [0, 0.05) is 17.9 Å². The Hall–Kier alpha value is -0.540. The molecule has 3 heteroatoms. The number of hydrogen-bond donors (Lipinski definition) is 0. The molecule has 0 radical (unpaired) electrons. The zero-order valence-electron chi connectivity index (χ0n) is 10.1. The molecular formula is C14H20BrNO. The molecule has 0 aromatic heterocycles. The molecule has 1 fully saturated rings. The molecular weight excluding hydrogens is 278 g/mol. The molecule has 94 valence electrons. The van der Waals surface area contributed by atoms with Gasteiger partial charge in [-0.3, -0.25) is 4.90 Å². The molecule has 0 bridgehead atoms. The highest BCUT2D eigenvalue weighted by atomic mass is 79.9. The summed E-state index contributed by atoms with van der Waals surface area (Å²) >= 11 is 3.61. The van der Waals surface area contributed by atoms with Crippen molar-refractivity contribution in [3.8, 4) is 5.75 Å². The molecule has 0 N–H and O–H groups in total. The SMILES string of the molecule is BrCC1CCCCN1CCOc1ccccc1. The van der Waals surface area contributed by atoms with Gasteiger partial charge in [-0.25, -0.2) is 0 Å². The second-order valence-corrected chi connectivity index (χ2v) is 5.15. The Bertz CT molecular complexity index is 317. The third-order valence-electron chi connectivity index (χ3n) is 3.32. The number of likely N-dealkylation sites (tertiary alicyclic amines) is 1. The van der Waals surface area contributed by atoms with Crippen LogP contribution in [0.25, 0.3) is 0 Å². The Kier molecular flexibility index (Phi) is 5.33. The van der Waals surface area contributed by atoms with Gasteiger partial charge in [0.1, 0.15) is 12.4 Å². The van der Waals surface area contributed by atoms with Gasteiger partial charge in [0.2, 0.25) is 0 Å². The molecule has 0 spiro atoms. The van der Waals surface area contributed by atoms with Crippen LogP contribution in [-0.2, 0) is 0 Å². The predicted octanol–water partition coefficient (Wildman–Crippen LogP) is 3.31. The fraction of sp³-hybridized carbons (Fsp3) is 0.571. The van der Waals surface area contributed by atoms with Crippen LogP contribution in [0.4, 0.5) is 0 Å². The number of ether oxygens (including phenoxy) is 1. The Labute approximate surface area is 112 Å². The normalized spacial score (nSPS) is 21.4. The number of benzene rings is 1. The average molecular weight is 298 g/mol. The van der Waals surface area contributed by atoms with E-state index in [2.05, 4.69) is 20.8 Å². The summed E-state index contributed by atoms with van der Waals surface area (Å²) in [6.45, 7) is 3.03. The van der Waals surface area contributed by atoms with E-state index in [1.807, 2.05) is 30.3 Å². The van der Waals surface area contributed by atoms with E-state index in [0.29, 0.717) is 6.04 Å². The fourth-order valence-electron chi connectivity index (χ4n) is 2.33. The molecule has 1 saturated heterocycles. The lowest BCUT2D eigenvalue weighted by Crippen LogP contribution is -2.42. The minimum atomic E-state index is 0.697. The van der Waals surface area contributed by atoms with Crippen molar-refractivity contribution in [2.45, 2.75) is 25.3 Å². The fourth-order valence-corrected chi connectivity index (χ4v) is 3.06. The van der Waals surface area contributed by atoms with Gasteiger partial charge >= 0.3 is 0 Å². The van der Waals surface area contributed by atoms with Crippen LogP contribution < -0.4 is 4.74 Å². The molecule has 2 nitrogen and oxygen atoms in total. The molecule has 1 aromatic carbocycles. The topological polar surface area (TPSA) is 12.5 Å². The van der Waals surface area contributed by atoms with Crippen molar-refractivity contribution in [3.63, 3.8) is 0 Å². The van der Waals surface area contributed by atoms with E-state index in [4.69, 9.17) is 4.74 Å². The van der Waals surface area contributed by atoms with Crippen LogP contribution in [-0.4, -0.2) is 36.0 Å². The molecule has 1 aliphatic heterocycles. The van der Waals surface area contributed by atoms with Crippen LogP contribution in [0, 0.1) is 0 Å². The number of nitrogens with zero attached hydrogens (tertiary/aromatic N) is 1. The third-order valence-corrected chi connectivity index (χ3v) is 4.07. The zero-order chi connectivity index (χ0) is 11.9. The summed E-state index contributed by atoms with van der Waals surface area (Å²) in [7, 11) is 0. The Morgan fingerprint density at radius 3 is 2.82 bits per heavy atom.